The lowest BCUT2D eigenvalue weighted by Gasteiger charge is -2.42. The lowest BCUT2D eigenvalue weighted by molar-refractivity contribution is 0.0957. The van der Waals surface area contributed by atoms with E-state index in [4.69, 9.17) is 0 Å². The number of piperazine rings is 1. The molecule has 2 aromatic rings. The van der Waals surface area contributed by atoms with Crippen LogP contribution in [0, 0.1) is 11.9 Å². The fraction of sp³-hybridized carbons (Fsp3) is 0.522. The average Bonchev–Trinajstić information content (AvgIpc) is 2.76. The van der Waals surface area contributed by atoms with Gasteiger partial charge in [-0.25, -0.2) is 4.98 Å². The van der Waals surface area contributed by atoms with Gasteiger partial charge in [0.1, 0.15) is 5.69 Å². The number of anilines is 1. The van der Waals surface area contributed by atoms with E-state index in [0.29, 0.717) is 17.5 Å². The van der Waals surface area contributed by atoms with E-state index in [2.05, 4.69) is 26.3 Å². The molecule has 2 aliphatic rings. The van der Waals surface area contributed by atoms with Crippen LogP contribution < -0.4 is 15.8 Å². The summed E-state index contributed by atoms with van der Waals surface area (Å²) < 4.78 is 14.4. The molecule has 31 heavy (non-hydrogen) atoms. The minimum Gasteiger partial charge on any atom is -0.365 e. The van der Waals surface area contributed by atoms with Crippen LogP contribution in [-0.2, 0) is 6.42 Å². The highest BCUT2D eigenvalue weighted by Gasteiger charge is 2.33. The monoisotopic (exact) mass is 427 g/mol. The number of aromatic nitrogens is 2. The largest absolute Gasteiger partial charge is 0.365 e. The van der Waals surface area contributed by atoms with Gasteiger partial charge < -0.3 is 15.2 Å². The maximum absolute atomic E-state index is 14.4. The van der Waals surface area contributed by atoms with Gasteiger partial charge in [0, 0.05) is 51.0 Å². The van der Waals surface area contributed by atoms with Gasteiger partial charge in [-0.3, -0.25) is 14.5 Å². The van der Waals surface area contributed by atoms with E-state index in [-0.39, 0.29) is 17.2 Å². The molecule has 2 fully saturated rings. The molecule has 2 aromatic heterocycles. The number of carbonyl (C=O) groups is 1. The second kappa shape index (κ2) is 9.18. The van der Waals surface area contributed by atoms with Crippen LogP contribution in [0.3, 0.4) is 0 Å². The van der Waals surface area contributed by atoms with Crippen molar-refractivity contribution in [1.82, 2.24) is 20.2 Å². The molecule has 0 atom stereocenters. The predicted molar refractivity (Wildman–Crippen MR) is 118 cm³/mol. The van der Waals surface area contributed by atoms with Crippen LogP contribution >= 0.6 is 0 Å². The number of aryl methyl sites for hydroxylation is 1. The zero-order chi connectivity index (χ0) is 22.0. The van der Waals surface area contributed by atoms with Crippen LogP contribution in [0.4, 0.5) is 10.1 Å². The van der Waals surface area contributed by atoms with Crippen LogP contribution in [0.15, 0.2) is 29.1 Å². The Hall–Kier alpha value is -2.74. The molecule has 2 N–H and O–H groups in total. The van der Waals surface area contributed by atoms with Gasteiger partial charge in [0.05, 0.1) is 5.69 Å². The normalized spacial score (nSPS) is 21.6. The lowest BCUT2D eigenvalue weighted by Crippen LogP contribution is -2.49. The summed E-state index contributed by atoms with van der Waals surface area (Å²) in [5, 5.41) is 2.46. The number of H-pyrrole nitrogens is 1. The second-order valence-corrected chi connectivity index (χ2v) is 8.53. The van der Waals surface area contributed by atoms with E-state index in [9.17, 15) is 14.0 Å². The number of amides is 1. The molecule has 7 nitrogen and oxygen atoms in total. The van der Waals surface area contributed by atoms with Gasteiger partial charge in [-0.1, -0.05) is 13.0 Å². The topological polar surface area (TPSA) is 81.3 Å². The lowest BCUT2D eigenvalue weighted by atomic mass is 9.72. The molecule has 0 radical (unpaired) electrons. The summed E-state index contributed by atoms with van der Waals surface area (Å²) in [6.45, 7) is 6.26. The molecule has 4 rings (SSSR count). The number of nitrogens with zero attached hydrogens (tertiary/aromatic N) is 3. The Bertz CT molecular complexity index is 994. The van der Waals surface area contributed by atoms with Gasteiger partial charge >= 0.3 is 0 Å². The summed E-state index contributed by atoms with van der Waals surface area (Å²) in [5.74, 6) is 0.0963. The summed E-state index contributed by atoms with van der Waals surface area (Å²) in [6, 6.07) is 7.23. The fourth-order valence-electron chi connectivity index (χ4n) is 4.63. The van der Waals surface area contributed by atoms with E-state index in [0.717, 1.165) is 63.2 Å². The summed E-state index contributed by atoms with van der Waals surface area (Å²) in [6.07, 6.45) is 2.95. The van der Waals surface area contributed by atoms with Gasteiger partial charge in [-0.05, 0) is 49.3 Å². The van der Waals surface area contributed by atoms with Gasteiger partial charge in [0.2, 0.25) is 5.95 Å². The van der Waals surface area contributed by atoms with Crippen molar-refractivity contribution in [2.45, 2.75) is 32.1 Å². The quantitative estimate of drug-likeness (QED) is 0.691. The van der Waals surface area contributed by atoms with Gasteiger partial charge in [0.15, 0.2) is 0 Å². The van der Waals surface area contributed by atoms with Crippen LogP contribution in [0.1, 0.15) is 47.4 Å². The van der Waals surface area contributed by atoms with Crippen molar-refractivity contribution in [3.05, 3.63) is 57.5 Å². The van der Waals surface area contributed by atoms with E-state index in [1.54, 1.807) is 12.1 Å². The van der Waals surface area contributed by atoms with Gasteiger partial charge in [0.25, 0.3) is 11.5 Å². The molecule has 8 heteroatoms. The number of pyridine rings is 2. The highest BCUT2D eigenvalue weighted by Crippen LogP contribution is 2.41. The third kappa shape index (κ3) is 4.63. The first-order valence-corrected chi connectivity index (χ1v) is 11.1. The van der Waals surface area contributed by atoms with Crippen molar-refractivity contribution < 1.29 is 9.18 Å². The maximum atomic E-state index is 14.4. The Morgan fingerprint density at radius 1 is 1.19 bits per heavy atom. The molecule has 166 valence electrons. The Labute approximate surface area is 181 Å². The Balaban J connectivity index is 1.26. The first-order chi connectivity index (χ1) is 15.0. The Kier molecular flexibility index (Phi) is 6.36. The zero-order valence-electron chi connectivity index (χ0n) is 18.2. The molecule has 0 bridgehead atoms. The molecule has 1 saturated carbocycles. The van der Waals surface area contributed by atoms with Crippen LogP contribution in [0.2, 0.25) is 0 Å². The summed E-state index contributed by atoms with van der Waals surface area (Å²) in [7, 11) is 1.50. The molecule has 1 amide bonds. The van der Waals surface area contributed by atoms with E-state index >= 15 is 0 Å². The molecule has 0 aromatic carbocycles. The van der Waals surface area contributed by atoms with Crippen LogP contribution in [0.25, 0.3) is 0 Å². The van der Waals surface area contributed by atoms with Crippen LogP contribution in [-0.4, -0.2) is 60.5 Å². The summed E-state index contributed by atoms with van der Waals surface area (Å²) in [5.41, 5.74) is 2.49. The average molecular weight is 428 g/mol. The molecule has 0 unspecified atom stereocenters. The Morgan fingerprint density at radius 2 is 1.94 bits per heavy atom. The van der Waals surface area contributed by atoms with Crippen LogP contribution in [0.5, 0.6) is 0 Å². The number of rotatable bonds is 6. The smallest absolute Gasteiger partial charge is 0.269 e. The SMILES string of the molecule is CCc1ccc(C2CC(CN3CCN(c4ccc(C(=O)NC)nc4F)CC3)C2)[nH]c1=O. The molecule has 1 aliphatic heterocycles. The third-order valence-electron chi connectivity index (χ3n) is 6.59. The van der Waals surface area contributed by atoms with Crippen molar-refractivity contribution in [3.63, 3.8) is 0 Å². The number of nitrogens with one attached hydrogen (secondary N) is 2. The van der Waals surface area contributed by atoms with Crippen molar-refractivity contribution in [3.8, 4) is 0 Å². The van der Waals surface area contributed by atoms with Crippen molar-refractivity contribution in [2.24, 2.45) is 5.92 Å². The Morgan fingerprint density at radius 3 is 2.55 bits per heavy atom. The number of hydrogen-bond acceptors (Lipinski definition) is 5. The first kappa shape index (κ1) is 21.5. The van der Waals surface area contributed by atoms with Gasteiger partial charge in [-0.2, -0.15) is 4.39 Å². The molecule has 3 heterocycles. The second-order valence-electron chi connectivity index (χ2n) is 8.53. The summed E-state index contributed by atoms with van der Waals surface area (Å²) >= 11 is 0. The van der Waals surface area contributed by atoms with E-state index < -0.39 is 5.95 Å². The number of aromatic amines is 1. The number of halogens is 1. The molecular weight excluding hydrogens is 397 g/mol. The molecule has 1 saturated heterocycles. The minimum atomic E-state index is -0.598. The highest BCUT2D eigenvalue weighted by molar-refractivity contribution is 5.92. The molecule has 0 spiro atoms. The van der Waals surface area contributed by atoms with Crippen molar-refractivity contribution in [1.29, 1.82) is 0 Å². The third-order valence-corrected chi connectivity index (χ3v) is 6.59. The molecule has 1 aliphatic carbocycles. The standard InChI is InChI=1S/C23H30FN5O2/c1-3-16-4-5-18(27-22(16)30)17-12-15(13-17)14-28-8-10-29(11-9-28)20-7-6-19(23(31)25-2)26-21(20)24/h4-7,15,17H,3,8-14H2,1-2H3,(H,25,31)(H,27,30). The van der Waals surface area contributed by atoms with E-state index in [1.807, 2.05) is 17.9 Å². The predicted octanol–water partition coefficient (Wildman–Crippen LogP) is 2.15. The fourth-order valence-corrected chi connectivity index (χ4v) is 4.63. The van der Waals surface area contributed by atoms with Crippen molar-refractivity contribution in [2.75, 3.05) is 44.7 Å². The first-order valence-electron chi connectivity index (χ1n) is 11.1. The van der Waals surface area contributed by atoms with Gasteiger partial charge in [-0.15, -0.1) is 0 Å². The maximum Gasteiger partial charge on any atom is 0.269 e. The summed E-state index contributed by atoms with van der Waals surface area (Å²) in [4.78, 5) is 34.9. The minimum absolute atomic E-state index is 0.0460. The van der Waals surface area contributed by atoms with E-state index in [1.165, 1.54) is 7.05 Å². The molecular formula is C23H30FN5O2. The number of hydrogen-bond donors (Lipinski definition) is 2. The van der Waals surface area contributed by atoms with Crippen molar-refractivity contribution >= 4 is 11.6 Å². The number of carbonyl (C=O) groups excluding carboxylic acids is 1. The zero-order valence-corrected chi connectivity index (χ0v) is 18.2. The highest BCUT2D eigenvalue weighted by atomic mass is 19.1.